The van der Waals surface area contributed by atoms with Gasteiger partial charge in [0.05, 0.1) is 17.3 Å². The molecule has 0 atom stereocenters. The molecule has 1 aliphatic heterocycles. The van der Waals surface area contributed by atoms with Crippen LogP contribution in [0.15, 0.2) is 42.5 Å². The summed E-state index contributed by atoms with van der Waals surface area (Å²) in [4.78, 5) is 11.3. The molecule has 2 N–H and O–H groups in total. The first-order chi connectivity index (χ1) is 11.4. The maximum atomic E-state index is 11.8. The molecular formula is C16H13N3O4S. The second-order valence-electron chi connectivity index (χ2n) is 5.31. The van der Waals surface area contributed by atoms with E-state index in [4.69, 9.17) is 5.26 Å². The minimum absolute atomic E-state index is 0.0330. The summed E-state index contributed by atoms with van der Waals surface area (Å²) in [6.07, 6.45) is 0.418. The number of amides is 1. The van der Waals surface area contributed by atoms with Gasteiger partial charge in [-0.05, 0) is 35.7 Å². The Balaban J connectivity index is 1.91. The van der Waals surface area contributed by atoms with Crippen LogP contribution in [0.4, 0.5) is 5.69 Å². The van der Waals surface area contributed by atoms with Crippen LogP contribution in [0.1, 0.15) is 16.7 Å². The first kappa shape index (κ1) is 15.8. The molecule has 0 spiro atoms. The molecular weight excluding hydrogens is 330 g/mol. The van der Waals surface area contributed by atoms with Crippen molar-refractivity contribution < 1.29 is 18.3 Å². The highest BCUT2D eigenvalue weighted by Gasteiger charge is 2.35. The third-order valence-corrected chi connectivity index (χ3v) is 5.05. The summed E-state index contributed by atoms with van der Waals surface area (Å²) in [5.41, 5.74) is 2.09. The van der Waals surface area contributed by atoms with Gasteiger partial charge in [-0.1, -0.05) is 24.3 Å². The number of aromatic hydroxyl groups is 1. The average Bonchev–Trinajstić information content (AvgIpc) is 2.80. The molecule has 8 heteroatoms. The second kappa shape index (κ2) is 5.86. The largest absolute Gasteiger partial charge is 0.506 e. The van der Waals surface area contributed by atoms with Gasteiger partial charge in [0.1, 0.15) is 12.3 Å². The van der Waals surface area contributed by atoms with E-state index >= 15 is 0 Å². The van der Waals surface area contributed by atoms with Gasteiger partial charge in [0, 0.05) is 0 Å². The van der Waals surface area contributed by atoms with E-state index in [2.05, 4.69) is 6.07 Å². The molecule has 0 aromatic heterocycles. The molecule has 1 aliphatic rings. The second-order valence-corrected chi connectivity index (χ2v) is 6.90. The lowest BCUT2D eigenvalue weighted by atomic mass is 10.00. The lowest BCUT2D eigenvalue weighted by Crippen LogP contribution is -2.29. The summed E-state index contributed by atoms with van der Waals surface area (Å²) >= 11 is 0. The topological polar surface area (TPSA) is 111 Å². The summed E-state index contributed by atoms with van der Waals surface area (Å²) < 4.78 is 26.3. The van der Waals surface area contributed by atoms with E-state index in [-0.39, 0.29) is 18.0 Å². The number of hydrogen-bond acceptors (Lipinski definition) is 5. The highest BCUT2D eigenvalue weighted by atomic mass is 32.2. The number of carbonyl (C=O) groups is 1. The number of benzene rings is 2. The number of nitrogens with zero attached hydrogens (tertiary/aromatic N) is 2. The molecule has 0 aliphatic carbocycles. The third kappa shape index (κ3) is 2.89. The molecule has 1 amide bonds. The number of anilines is 1. The predicted molar refractivity (Wildman–Crippen MR) is 86.5 cm³/mol. The predicted octanol–water partition coefficient (Wildman–Crippen LogP) is 1.04. The zero-order valence-corrected chi connectivity index (χ0v) is 13.2. The molecule has 7 nitrogen and oxygen atoms in total. The van der Waals surface area contributed by atoms with Gasteiger partial charge in [-0.2, -0.15) is 13.7 Å². The number of nitriles is 1. The van der Waals surface area contributed by atoms with Crippen LogP contribution in [0.3, 0.4) is 0 Å². The first-order valence-electron chi connectivity index (χ1n) is 7.04. The quantitative estimate of drug-likeness (QED) is 0.865. The zero-order valence-electron chi connectivity index (χ0n) is 12.4. The Morgan fingerprint density at radius 2 is 2.00 bits per heavy atom. The van der Waals surface area contributed by atoms with Crippen molar-refractivity contribution in [1.29, 1.82) is 5.26 Å². The van der Waals surface area contributed by atoms with Gasteiger partial charge in [-0.25, -0.2) is 9.03 Å². The highest BCUT2D eigenvalue weighted by molar-refractivity contribution is 7.92. The molecule has 0 bridgehead atoms. The van der Waals surface area contributed by atoms with Crippen molar-refractivity contribution in [2.24, 2.45) is 0 Å². The van der Waals surface area contributed by atoms with Crippen LogP contribution in [0.2, 0.25) is 0 Å². The van der Waals surface area contributed by atoms with Crippen LogP contribution in [-0.4, -0.2) is 26.0 Å². The van der Waals surface area contributed by atoms with E-state index in [1.54, 1.807) is 18.2 Å². The Labute approximate surface area is 138 Å². The minimum atomic E-state index is -3.96. The van der Waals surface area contributed by atoms with Gasteiger partial charge in [0.2, 0.25) is 0 Å². The maximum Gasteiger partial charge on any atom is 0.326 e. The van der Waals surface area contributed by atoms with Gasteiger partial charge in [-0.3, -0.25) is 4.79 Å². The van der Waals surface area contributed by atoms with E-state index in [1.807, 2.05) is 16.9 Å². The molecule has 122 valence electrons. The van der Waals surface area contributed by atoms with E-state index in [0.29, 0.717) is 12.0 Å². The standard InChI is InChI=1S/C16H13N3O4S/c17-9-13-4-2-1-3-12(13)7-11-5-6-14(15(20)8-11)19-10-16(21)18-24(19,22)23/h1-6,8,20H,7,10H2,(H,18,21). The minimum Gasteiger partial charge on any atom is -0.506 e. The van der Waals surface area contributed by atoms with Gasteiger partial charge >= 0.3 is 10.2 Å². The Kier molecular flexibility index (Phi) is 3.87. The van der Waals surface area contributed by atoms with Crippen molar-refractivity contribution >= 4 is 21.8 Å². The van der Waals surface area contributed by atoms with Crippen LogP contribution < -0.4 is 9.03 Å². The fourth-order valence-electron chi connectivity index (χ4n) is 2.55. The van der Waals surface area contributed by atoms with Crippen molar-refractivity contribution in [3.63, 3.8) is 0 Å². The van der Waals surface area contributed by atoms with Crippen molar-refractivity contribution in [3.8, 4) is 11.8 Å². The molecule has 0 saturated carbocycles. The molecule has 24 heavy (non-hydrogen) atoms. The van der Waals surface area contributed by atoms with E-state index in [0.717, 1.165) is 15.4 Å². The molecule has 1 fully saturated rings. The zero-order chi connectivity index (χ0) is 17.3. The monoisotopic (exact) mass is 343 g/mol. The van der Waals surface area contributed by atoms with Gasteiger partial charge < -0.3 is 5.11 Å². The summed E-state index contributed by atoms with van der Waals surface area (Å²) in [7, 11) is -3.96. The van der Waals surface area contributed by atoms with Crippen LogP contribution in [-0.2, 0) is 21.4 Å². The Hall–Kier alpha value is -3.05. The molecule has 2 aromatic rings. The normalized spacial score (nSPS) is 15.8. The summed E-state index contributed by atoms with van der Waals surface area (Å²) in [5, 5.41) is 19.3. The van der Waals surface area contributed by atoms with Gasteiger partial charge in [-0.15, -0.1) is 0 Å². The Morgan fingerprint density at radius 1 is 1.25 bits per heavy atom. The van der Waals surface area contributed by atoms with Crippen molar-refractivity contribution in [2.75, 3.05) is 10.8 Å². The van der Waals surface area contributed by atoms with E-state index in [9.17, 15) is 18.3 Å². The van der Waals surface area contributed by atoms with Gasteiger partial charge in [0.25, 0.3) is 5.91 Å². The first-order valence-corrected chi connectivity index (χ1v) is 8.48. The van der Waals surface area contributed by atoms with E-state index in [1.165, 1.54) is 12.1 Å². The fraction of sp³-hybridized carbons (Fsp3) is 0.125. The summed E-state index contributed by atoms with van der Waals surface area (Å²) in [5.74, 6) is -0.900. The summed E-state index contributed by atoms with van der Waals surface area (Å²) in [6, 6.07) is 13.7. The number of phenols is 1. The van der Waals surface area contributed by atoms with Crippen LogP contribution in [0.25, 0.3) is 0 Å². The van der Waals surface area contributed by atoms with Crippen LogP contribution in [0.5, 0.6) is 5.75 Å². The van der Waals surface area contributed by atoms with Gasteiger partial charge in [0.15, 0.2) is 0 Å². The summed E-state index contributed by atoms with van der Waals surface area (Å²) in [6.45, 7) is -0.369. The lowest BCUT2D eigenvalue weighted by Gasteiger charge is -2.16. The smallest absolute Gasteiger partial charge is 0.326 e. The number of hydrogen-bond donors (Lipinski definition) is 2. The highest BCUT2D eigenvalue weighted by Crippen LogP contribution is 2.32. The van der Waals surface area contributed by atoms with Crippen molar-refractivity contribution in [1.82, 2.24) is 4.72 Å². The fourth-order valence-corrected chi connectivity index (χ4v) is 3.72. The van der Waals surface area contributed by atoms with Crippen LogP contribution in [0, 0.1) is 11.3 Å². The third-order valence-electron chi connectivity index (χ3n) is 3.66. The molecule has 3 rings (SSSR count). The number of phenolic OH excluding ortho intramolecular Hbond substituents is 1. The lowest BCUT2D eigenvalue weighted by molar-refractivity contribution is -0.117. The number of rotatable bonds is 3. The Bertz CT molecular complexity index is 964. The molecule has 0 radical (unpaired) electrons. The molecule has 0 unspecified atom stereocenters. The average molecular weight is 343 g/mol. The number of nitrogens with one attached hydrogen (secondary N) is 1. The van der Waals surface area contributed by atoms with Crippen LogP contribution >= 0.6 is 0 Å². The molecule has 2 aromatic carbocycles. The molecule has 1 saturated heterocycles. The van der Waals surface area contributed by atoms with Crippen molar-refractivity contribution in [2.45, 2.75) is 6.42 Å². The van der Waals surface area contributed by atoms with E-state index < -0.39 is 16.1 Å². The number of carbonyl (C=O) groups excluding carboxylic acids is 1. The Morgan fingerprint density at radius 3 is 2.62 bits per heavy atom. The molecule has 1 heterocycles. The SMILES string of the molecule is N#Cc1ccccc1Cc1ccc(N2CC(=O)NS2(=O)=O)c(O)c1. The maximum absolute atomic E-state index is 11.8. The van der Waals surface area contributed by atoms with Crippen molar-refractivity contribution in [3.05, 3.63) is 59.2 Å².